The maximum absolute atomic E-state index is 11.9. The fourth-order valence-corrected chi connectivity index (χ4v) is 2.87. The first-order chi connectivity index (χ1) is 10.8. The summed E-state index contributed by atoms with van der Waals surface area (Å²) in [5.41, 5.74) is 0.0297. The molecular weight excluding hydrogens is 324 g/mol. The third kappa shape index (κ3) is 4.59. The zero-order valence-corrected chi connectivity index (χ0v) is 14.3. The van der Waals surface area contributed by atoms with Gasteiger partial charge in [-0.25, -0.2) is 4.79 Å². The zero-order valence-electron chi connectivity index (χ0n) is 13.5. The van der Waals surface area contributed by atoms with Crippen LogP contribution >= 0.6 is 0 Å². The van der Waals surface area contributed by atoms with Gasteiger partial charge in [0, 0.05) is 5.56 Å². The maximum atomic E-state index is 11.9. The number of rotatable bonds is 8. The first kappa shape index (κ1) is 19.2. The van der Waals surface area contributed by atoms with E-state index in [1.165, 1.54) is 0 Å². The number of carbonyl (C=O) groups excluding carboxylic acids is 1. The molecule has 0 aliphatic carbocycles. The Hall–Kier alpha value is -1.80. The third-order valence-electron chi connectivity index (χ3n) is 3.32. The molecule has 1 rings (SSSR count). The SMILES string of the molecule is CCCCCc1c(O)c(S(=O)(=O)O)cc(C(=O)OC)c1OCC. The number of phenols is 1. The van der Waals surface area contributed by atoms with Crippen LogP contribution in [0, 0.1) is 0 Å². The highest BCUT2D eigenvalue weighted by Gasteiger charge is 2.28. The molecule has 0 atom stereocenters. The lowest BCUT2D eigenvalue weighted by molar-refractivity contribution is 0.0595. The zero-order chi connectivity index (χ0) is 17.6. The second kappa shape index (κ2) is 8.16. The van der Waals surface area contributed by atoms with Crippen LogP contribution in [-0.2, 0) is 21.3 Å². The highest BCUT2D eigenvalue weighted by atomic mass is 32.2. The Kier molecular flexibility index (Phi) is 6.83. The largest absolute Gasteiger partial charge is 0.506 e. The number of unbranched alkanes of at least 4 members (excludes halogenated alkanes) is 2. The fourth-order valence-electron chi connectivity index (χ4n) is 2.23. The number of ether oxygens (including phenoxy) is 2. The number of benzene rings is 1. The van der Waals surface area contributed by atoms with Crippen LogP contribution in [0.2, 0.25) is 0 Å². The number of hydrogen-bond acceptors (Lipinski definition) is 6. The van der Waals surface area contributed by atoms with Crippen LogP contribution in [0.3, 0.4) is 0 Å². The van der Waals surface area contributed by atoms with Gasteiger partial charge in [-0.3, -0.25) is 4.55 Å². The van der Waals surface area contributed by atoms with Gasteiger partial charge in [0.2, 0.25) is 0 Å². The van der Waals surface area contributed by atoms with E-state index >= 15 is 0 Å². The van der Waals surface area contributed by atoms with Crippen LogP contribution in [0.1, 0.15) is 49.0 Å². The van der Waals surface area contributed by atoms with Crippen molar-refractivity contribution in [2.75, 3.05) is 13.7 Å². The van der Waals surface area contributed by atoms with Crippen LogP contribution in [0.15, 0.2) is 11.0 Å². The summed E-state index contributed by atoms with van der Waals surface area (Å²) >= 11 is 0. The standard InChI is InChI=1S/C15H22O7S/c1-4-6-7-8-10-13(16)12(23(18,19)20)9-11(15(17)21-3)14(10)22-5-2/h9,16H,4-8H2,1-3H3,(H,18,19,20). The van der Waals surface area contributed by atoms with Crippen LogP contribution in [0.4, 0.5) is 0 Å². The van der Waals surface area contributed by atoms with Gasteiger partial charge < -0.3 is 14.6 Å². The minimum Gasteiger partial charge on any atom is -0.506 e. The Morgan fingerprint density at radius 2 is 1.91 bits per heavy atom. The predicted molar refractivity (Wildman–Crippen MR) is 83.7 cm³/mol. The van der Waals surface area contributed by atoms with Crippen molar-refractivity contribution in [2.24, 2.45) is 0 Å². The Labute approximate surface area is 136 Å². The van der Waals surface area contributed by atoms with E-state index in [1.54, 1.807) is 6.92 Å². The quantitative estimate of drug-likeness (QED) is 0.423. The second-order valence-electron chi connectivity index (χ2n) is 4.94. The average molecular weight is 346 g/mol. The highest BCUT2D eigenvalue weighted by molar-refractivity contribution is 7.86. The summed E-state index contributed by atoms with van der Waals surface area (Å²) in [6.45, 7) is 3.91. The average Bonchev–Trinajstić information content (AvgIpc) is 2.48. The van der Waals surface area contributed by atoms with Crippen LogP contribution in [-0.4, -0.2) is 37.8 Å². The molecule has 0 aliphatic rings. The maximum Gasteiger partial charge on any atom is 0.341 e. The Morgan fingerprint density at radius 1 is 1.26 bits per heavy atom. The lowest BCUT2D eigenvalue weighted by Crippen LogP contribution is -2.11. The topological polar surface area (TPSA) is 110 Å². The summed E-state index contributed by atoms with van der Waals surface area (Å²) in [5, 5.41) is 10.2. The molecule has 8 heteroatoms. The van der Waals surface area contributed by atoms with E-state index in [-0.39, 0.29) is 23.5 Å². The van der Waals surface area contributed by atoms with Gasteiger partial charge in [0.05, 0.1) is 13.7 Å². The van der Waals surface area contributed by atoms with Gasteiger partial charge in [0.1, 0.15) is 22.0 Å². The van der Waals surface area contributed by atoms with E-state index in [9.17, 15) is 22.9 Å². The minimum absolute atomic E-state index is 0.0837. The van der Waals surface area contributed by atoms with Gasteiger partial charge in [-0.15, -0.1) is 0 Å². The monoisotopic (exact) mass is 346 g/mol. The lowest BCUT2D eigenvalue weighted by Gasteiger charge is -2.17. The molecule has 0 aromatic heterocycles. The molecule has 130 valence electrons. The van der Waals surface area contributed by atoms with Crippen LogP contribution in [0.25, 0.3) is 0 Å². The molecule has 0 radical (unpaired) electrons. The van der Waals surface area contributed by atoms with Gasteiger partial charge in [-0.05, 0) is 25.8 Å². The molecule has 0 saturated carbocycles. The normalized spacial score (nSPS) is 11.3. The molecule has 0 spiro atoms. The molecule has 23 heavy (non-hydrogen) atoms. The smallest absolute Gasteiger partial charge is 0.341 e. The summed E-state index contributed by atoms with van der Waals surface area (Å²) in [5.74, 6) is -1.32. The van der Waals surface area contributed by atoms with E-state index in [0.29, 0.717) is 12.8 Å². The predicted octanol–water partition coefficient (Wildman–Crippen LogP) is 2.56. The summed E-state index contributed by atoms with van der Waals surface area (Å²) in [7, 11) is -3.55. The number of carbonyl (C=O) groups is 1. The first-order valence-corrected chi connectivity index (χ1v) is 8.79. The molecule has 0 saturated heterocycles. The molecule has 0 fully saturated rings. The van der Waals surface area contributed by atoms with Gasteiger partial charge in [0.15, 0.2) is 0 Å². The van der Waals surface area contributed by atoms with Crippen LogP contribution < -0.4 is 4.74 Å². The number of phenolic OH excluding ortho intramolecular Hbond substituents is 1. The van der Waals surface area contributed by atoms with Crippen molar-refractivity contribution in [3.63, 3.8) is 0 Å². The molecule has 2 N–H and O–H groups in total. The summed E-state index contributed by atoms with van der Waals surface area (Å²) in [6.07, 6.45) is 2.75. The number of esters is 1. The molecular formula is C15H22O7S. The molecule has 0 aliphatic heterocycles. The van der Waals surface area contributed by atoms with Gasteiger partial charge in [-0.1, -0.05) is 19.8 Å². The van der Waals surface area contributed by atoms with Gasteiger partial charge in [-0.2, -0.15) is 8.42 Å². The van der Waals surface area contributed by atoms with Crippen molar-refractivity contribution in [3.05, 3.63) is 17.2 Å². The van der Waals surface area contributed by atoms with E-state index in [2.05, 4.69) is 4.74 Å². The molecule has 1 aromatic carbocycles. The third-order valence-corrected chi connectivity index (χ3v) is 4.18. The summed E-state index contributed by atoms with van der Waals surface area (Å²) < 4.78 is 42.3. The van der Waals surface area contributed by atoms with Gasteiger partial charge in [0.25, 0.3) is 10.1 Å². The molecule has 0 amide bonds. The fraction of sp³-hybridized carbons (Fsp3) is 0.533. The minimum atomic E-state index is -4.70. The summed E-state index contributed by atoms with van der Waals surface area (Å²) in [4.78, 5) is 11.2. The number of hydrogen-bond donors (Lipinski definition) is 2. The van der Waals surface area contributed by atoms with Crippen molar-refractivity contribution in [3.8, 4) is 11.5 Å². The van der Waals surface area contributed by atoms with Crippen molar-refractivity contribution in [2.45, 2.75) is 44.4 Å². The van der Waals surface area contributed by atoms with Crippen molar-refractivity contribution in [1.29, 1.82) is 0 Å². The Bertz CT molecular complexity index is 665. The number of aromatic hydroxyl groups is 1. The van der Waals surface area contributed by atoms with Crippen molar-refractivity contribution in [1.82, 2.24) is 0 Å². The summed E-state index contributed by atoms with van der Waals surface area (Å²) in [6, 6.07) is 0.866. The van der Waals surface area contributed by atoms with E-state index in [0.717, 1.165) is 26.0 Å². The van der Waals surface area contributed by atoms with Crippen molar-refractivity contribution >= 4 is 16.1 Å². The second-order valence-corrected chi connectivity index (χ2v) is 6.33. The molecule has 7 nitrogen and oxygen atoms in total. The van der Waals surface area contributed by atoms with Crippen molar-refractivity contribution < 1.29 is 32.3 Å². The lowest BCUT2D eigenvalue weighted by atomic mass is 10.0. The Balaban J connectivity index is 3.61. The van der Waals surface area contributed by atoms with Crippen LogP contribution in [0.5, 0.6) is 11.5 Å². The van der Waals surface area contributed by atoms with Gasteiger partial charge >= 0.3 is 5.97 Å². The van der Waals surface area contributed by atoms with E-state index in [4.69, 9.17) is 4.74 Å². The van der Waals surface area contributed by atoms with E-state index < -0.39 is 26.7 Å². The number of methoxy groups -OCH3 is 1. The first-order valence-electron chi connectivity index (χ1n) is 7.35. The van der Waals surface area contributed by atoms with E-state index in [1.807, 2.05) is 6.92 Å². The Morgan fingerprint density at radius 3 is 2.39 bits per heavy atom. The molecule has 0 unspecified atom stereocenters. The highest BCUT2D eigenvalue weighted by Crippen LogP contribution is 2.39. The molecule has 1 aromatic rings. The molecule has 0 heterocycles. The molecule has 0 bridgehead atoms.